The van der Waals surface area contributed by atoms with Crippen LogP contribution in [0, 0.1) is 5.92 Å². The van der Waals surface area contributed by atoms with Gasteiger partial charge in [0.05, 0.1) is 6.61 Å². The Labute approximate surface area is 105 Å². The van der Waals surface area contributed by atoms with Crippen molar-refractivity contribution >= 4 is 0 Å². The third-order valence-electron chi connectivity index (χ3n) is 3.17. The van der Waals surface area contributed by atoms with Gasteiger partial charge in [0.2, 0.25) is 0 Å². The third kappa shape index (κ3) is 3.40. The number of hydrogen-bond acceptors (Lipinski definition) is 3. The Hall–Kier alpha value is -1.20. The van der Waals surface area contributed by atoms with E-state index in [1.165, 1.54) is 6.07 Å². The highest BCUT2D eigenvalue weighted by Crippen LogP contribution is 2.28. The van der Waals surface area contributed by atoms with E-state index in [0.29, 0.717) is 6.61 Å². The average Bonchev–Trinajstić information content (AvgIpc) is 2.38. The van der Waals surface area contributed by atoms with Gasteiger partial charge in [-0.2, -0.15) is 8.78 Å². The molecule has 1 heterocycles. The summed E-state index contributed by atoms with van der Waals surface area (Å²) in [4.78, 5) is 0. The maximum Gasteiger partial charge on any atom is 0.387 e. The van der Waals surface area contributed by atoms with Gasteiger partial charge in [0.1, 0.15) is 5.75 Å². The molecule has 0 saturated carbocycles. The van der Waals surface area contributed by atoms with Gasteiger partial charge in [0, 0.05) is 18.6 Å². The Morgan fingerprint density at radius 2 is 2.22 bits per heavy atom. The summed E-state index contributed by atoms with van der Waals surface area (Å²) in [6.07, 6.45) is 1.99. The first kappa shape index (κ1) is 13.2. The van der Waals surface area contributed by atoms with Gasteiger partial charge in [-0.15, -0.1) is 0 Å². The molecule has 0 spiro atoms. The molecule has 2 rings (SSSR count). The van der Waals surface area contributed by atoms with Crippen LogP contribution in [-0.4, -0.2) is 19.8 Å². The van der Waals surface area contributed by atoms with Gasteiger partial charge in [-0.25, -0.2) is 0 Å². The summed E-state index contributed by atoms with van der Waals surface area (Å²) in [6.45, 7) is -1.41. The fourth-order valence-electron chi connectivity index (χ4n) is 2.22. The van der Waals surface area contributed by atoms with E-state index in [0.717, 1.165) is 25.0 Å². The van der Waals surface area contributed by atoms with E-state index in [-0.39, 0.29) is 17.7 Å². The van der Waals surface area contributed by atoms with Crippen LogP contribution in [0.2, 0.25) is 0 Å². The Bertz CT molecular complexity index is 381. The smallest absolute Gasteiger partial charge is 0.387 e. The van der Waals surface area contributed by atoms with Crippen molar-refractivity contribution in [2.75, 3.05) is 13.2 Å². The summed E-state index contributed by atoms with van der Waals surface area (Å²) in [5.74, 6) is 0.384. The van der Waals surface area contributed by atoms with E-state index in [4.69, 9.17) is 10.5 Å². The Morgan fingerprint density at radius 1 is 1.39 bits per heavy atom. The van der Waals surface area contributed by atoms with Crippen LogP contribution < -0.4 is 10.5 Å². The second-order valence-electron chi connectivity index (χ2n) is 4.45. The number of nitrogens with two attached hydrogens (primary N) is 1. The van der Waals surface area contributed by atoms with Crippen LogP contribution in [0.5, 0.6) is 5.75 Å². The minimum atomic E-state index is -2.81. The van der Waals surface area contributed by atoms with Crippen molar-refractivity contribution in [3.8, 4) is 5.75 Å². The first-order valence-electron chi connectivity index (χ1n) is 6.05. The van der Waals surface area contributed by atoms with Crippen LogP contribution in [0.15, 0.2) is 24.3 Å². The fourth-order valence-corrected chi connectivity index (χ4v) is 2.22. The van der Waals surface area contributed by atoms with Crippen molar-refractivity contribution in [3.63, 3.8) is 0 Å². The number of ether oxygens (including phenoxy) is 2. The molecule has 1 aromatic carbocycles. The van der Waals surface area contributed by atoms with E-state index < -0.39 is 6.61 Å². The van der Waals surface area contributed by atoms with Gasteiger partial charge >= 0.3 is 6.61 Å². The van der Waals surface area contributed by atoms with Gasteiger partial charge in [0.15, 0.2) is 0 Å². The molecule has 1 fully saturated rings. The monoisotopic (exact) mass is 257 g/mol. The van der Waals surface area contributed by atoms with Gasteiger partial charge in [-0.05, 0) is 30.5 Å². The Kier molecular flexibility index (Phi) is 4.49. The van der Waals surface area contributed by atoms with Gasteiger partial charge in [0.25, 0.3) is 0 Å². The van der Waals surface area contributed by atoms with Crippen LogP contribution >= 0.6 is 0 Å². The number of hydrogen-bond donors (Lipinski definition) is 1. The summed E-state index contributed by atoms with van der Waals surface area (Å²) < 4.78 is 34.0. The highest BCUT2D eigenvalue weighted by molar-refractivity contribution is 5.30. The zero-order chi connectivity index (χ0) is 13.0. The molecule has 1 aromatic rings. The van der Waals surface area contributed by atoms with Crippen molar-refractivity contribution in [2.24, 2.45) is 11.7 Å². The van der Waals surface area contributed by atoms with Crippen molar-refractivity contribution in [3.05, 3.63) is 29.8 Å². The molecule has 0 aliphatic carbocycles. The van der Waals surface area contributed by atoms with E-state index in [2.05, 4.69) is 4.74 Å². The zero-order valence-electron chi connectivity index (χ0n) is 10.0. The number of benzene rings is 1. The summed E-state index contributed by atoms with van der Waals surface area (Å²) in [5.41, 5.74) is 6.96. The molecule has 0 amide bonds. The molecule has 2 atom stereocenters. The maximum atomic E-state index is 12.1. The van der Waals surface area contributed by atoms with Crippen LogP contribution in [0.3, 0.4) is 0 Å². The molecule has 0 aromatic heterocycles. The van der Waals surface area contributed by atoms with E-state index in [1.807, 2.05) is 6.07 Å². The average molecular weight is 257 g/mol. The van der Waals surface area contributed by atoms with Crippen LogP contribution in [-0.2, 0) is 4.74 Å². The molecule has 0 radical (unpaired) electrons. The quantitative estimate of drug-likeness (QED) is 0.902. The lowest BCUT2D eigenvalue weighted by atomic mass is 9.89. The largest absolute Gasteiger partial charge is 0.435 e. The first-order chi connectivity index (χ1) is 8.66. The molecule has 100 valence electrons. The van der Waals surface area contributed by atoms with Crippen LogP contribution in [0.1, 0.15) is 24.4 Å². The summed E-state index contributed by atoms with van der Waals surface area (Å²) in [5, 5.41) is 0. The van der Waals surface area contributed by atoms with Crippen molar-refractivity contribution in [2.45, 2.75) is 25.5 Å². The van der Waals surface area contributed by atoms with Crippen LogP contribution in [0.25, 0.3) is 0 Å². The van der Waals surface area contributed by atoms with Crippen LogP contribution in [0.4, 0.5) is 8.78 Å². The molecule has 1 aliphatic heterocycles. The second kappa shape index (κ2) is 6.11. The highest BCUT2D eigenvalue weighted by atomic mass is 19.3. The topological polar surface area (TPSA) is 44.5 Å². The van der Waals surface area contributed by atoms with Crippen molar-refractivity contribution < 1.29 is 18.3 Å². The van der Waals surface area contributed by atoms with Gasteiger partial charge in [-0.3, -0.25) is 0 Å². The lowest BCUT2D eigenvalue weighted by molar-refractivity contribution is -0.0499. The van der Waals surface area contributed by atoms with Crippen molar-refractivity contribution in [1.29, 1.82) is 0 Å². The molecule has 5 heteroatoms. The molecular formula is C13H17F2NO2. The Balaban J connectivity index is 2.06. The Morgan fingerprint density at radius 3 is 2.89 bits per heavy atom. The standard InChI is InChI=1S/C13H17F2NO2/c14-13(15)18-11-5-1-3-9(7-11)12(16)10-4-2-6-17-8-10/h1,3,5,7,10,12-13H,2,4,6,8,16H2. The number of alkyl halides is 2. The molecule has 3 nitrogen and oxygen atoms in total. The molecule has 1 saturated heterocycles. The predicted octanol–water partition coefficient (Wildman–Crippen LogP) is 2.71. The minimum Gasteiger partial charge on any atom is -0.435 e. The first-order valence-corrected chi connectivity index (χ1v) is 6.05. The van der Waals surface area contributed by atoms with Gasteiger partial charge in [-0.1, -0.05) is 12.1 Å². The third-order valence-corrected chi connectivity index (χ3v) is 3.17. The second-order valence-corrected chi connectivity index (χ2v) is 4.45. The minimum absolute atomic E-state index is 0.148. The summed E-state index contributed by atoms with van der Waals surface area (Å²) >= 11 is 0. The van der Waals surface area contributed by atoms with E-state index in [9.17, 15) is 8.78 Å². The lowest BCUT2D eigenvalue weighted by Gasteiger charge is -2.28. The SMILES string of the molecule is NC(c1cccc(OC(F)F)c1)C1CCCOC1. The van der Waals surface area contributed by atoms with Crippen molar-refractivity contribution in [1.82, 2.24) is 0 Å². The zero-order valence-corrected chi connectivity index (χ0v) is 10.0. The summed E-state index contributed by atoms with van der Waals surface area (Å²) in [7, 11) is 0. The molecular weight excluding hydrogens is 240 g/mol. The van der Waals surface area contributed by atoms with Gasteiger partial charge < -0.3 is 15.2 Å². The number of rotatable bonds is 4. The molecule has 2 unspecified atom stereocenters. The van der Waals surface area contributed by atoms with E-state index >= 15 is 0 Å². The molecule has 1 aliphatic rings. The van der Waals surface area contributed by atoms with E-state index in [1.54, 1.807) is 12.1 Å². The molecule has 2 N–H and O–H groups in total. The predicted molar refractivity (Wildman–Crippen MR) is 63.5 cm³/mol. The lowest BCUT2D eigenvalue weighted by Crippen LogP contribution is -2.29. The summed E-state index contributed by atoms with van der Waals surface area (Å²) in [6, 6.07) is 6.38. The highest BCUT2D eigenvalue weighted by Gasteiger charge is 2.22. The normalized spacial score (nSPS) is 21.9. The molecule has 0 bridgehead atoms. The molecule has 18 heavy (non-hydrogen) atoms. The number of halogens is 2. The maximum absolute atomic E-state index is 12.1. The fraction of sp³-hybridized carbons (Fsp3) is 0.538.